The van der Waals surface area contributed by atoms with Crippen LogP contribution < -0.4 is 5.32 Å². The summed E-state index contributed by atoms with van der Waals surface area (Å²) in [4.78, 5) is 0. The lowest BCUT2D eigenvalue weighted by molar-refractivity contribution is 0.575. The highest BCUT2D eigenvalue weighted by Gasteiger charge is 2.28. The zero-order chi connectivity index (χ0) is 11.2. The molecule has 2 atom stereocenters. The van der Waals surface area contributed by atoms with Gasteiger partial charge in [0.15, 0.2) is 0 Å². The molecule has 1 N–H and O–H groups in total. The van der Waals surface area contributed by atoms with Crippen molar-refractivity contribution in [1.29, 1.82) is 0 Å². The Labute approximate surface area is 105 Å². The first-order chi connectivity index (χ1) is 8.38. The Bertz CT molecular complexity index is 596. The fourth-order valence-corrected chi connectivity index (χ4v) is 3.87. The van der Waals surface area contributed by atoms with Crippen molar-refractivity contribution < 1.29 is 0 Å². The van der Waals surface area contributed by atoms with Crippen molar-refractivity contribution in [1.82, 2.24) is 5.32 Å². The fraction of sp³-hybridized carbons (Fsp3) is 0.333. The van der Waals surface area contributed by atoms with E-state index in [4.69, 9.17) is 0 Å². The van der Waals surface area contributed by atoms with Crippen molar-refractivity contribution in [3.63, 3.8) is 0 Å². The minimum Gasteiger partial charge on any atom is -0.307 e. The van der Waals surface area contributed by atoms with Crippen molar-refractivity contribution in [2.45, 2.75) is 31.3 Å². The maximum atomic E-state index is 3.65. The van der Waals surface area contributed by atoms with Gasteiger partial charge in [0.2, 0.25) is 0 Å². The van der Waals surface area contributed by atoms with Crippen LogP contribution in [0.25, 0.3) is 15.7 Å². The lowest BCUT2D eigenvalue weighted by Crippen LogP contribution is -2.31. The molecular formula is C15H15NS. The molecule has 1 nitrogen and oxygen atoms in total. The van der Waals surface area contributed by atoms with Crippen molar-refractivity contribution in [3.8, 4) is 0 Å². The summed E-state index contributed by atoms with van der Waals surface area (Å²) in [5, 5.41) is 7.21. The van der Waals surface area contributed by atoms with Crippen LogP contribution in [0.3, 0.4) is 0 Å². The Kier molecular flexibility index (Phi) is 2.14. The van der Waals surface area contributed by atoms with Crippen molar-refractivity contribution >= 4 is 27.0 Å². The second kappa shape index (κ2) is 3.69. The molecule has 4 rings (SSSR count). The van der Waals surface area contributed by atoms with E-state index in [0.717, 1.165) is 6.04 Å². The van der Waals surface area contributed by atoms with E-state index in [1.165, 1.54) is 34.9 Å². The molecule has 2 aliphatic rings. The molecule has 0 aliphatic carbocycles. The van der Waals surface area contributed by atoms with Crippen molar-refractivity contribution in [2.75, 3.05) is 0 Å². The van der Waals surface area contributed by atoms with Crippen LogP contribution in [0.15, 0.2) is 35.7 Å². The molecule has 0 amide bonds. The number of benzene rings is 1. The van der Waals surface area contributed by atoms with Crippen LogP contribution in [-0.4, -0.2) is 12.1 Å². The minimum atomic E-state index is 0.627. The van der Waals surface area contributed by atoms with E-state index in [-0.39, 0.29) is 0 Å². The summed E-state index contributed by atoms with van der Waals surface area (Å²) in [5.74, 6) is 0. The summed E-state index contributed by atoms with van der Waals surface area (Å²) in [5.41, 5.74) is 2.97. The van der Waals surface area contributed by atoms with Gasteiger partial charge in [0.25, 0.3) is 0 Å². The summed E-state index contributed by atoms with van der Waals surface area (Å²) in [6.07, 6.45) is 6.30. The van der Waals surface area contributed by atoms with Gasteiger partial charge in [0.05, 0.1) is 0 Å². The van der Waals surface area contributed by atoms with Crippen molar-refractivity contribution in [3.05, 3.63) is 41.3 Å². The highest BCUT2D eigenvalue weighted by molar-refractivity contribution is 7.17. The van der Waals surface area contributed by atoms with Gasteiger partial charge in [-0.25, -0.2) is 0 Å². The average molecular weight is 241 g/mol. The van der Waals surface area contributed by atoms with Gasteiger partial charge in [0.1, 0.15) is 0 Å². The summed E-state index contributed by atoms with van der Waals surface area (Å²) < 4.78 is 1.39. The Morgan fingerprint density at radius 1 is 1.18 bits per heavy atom. The molecule has 86 valence electrons. The molecule has 1 saturated heterocycles. The first-order valence-corrected chi connectivity index (χ1v) is 7.21. The van der Waals surface area contributed by atoms with Gasteiger partial charge in [-0.05, 0) is 59.4 Å². The van der Waals surface area contributed by atoms with Gasteiger partial charge in [-0.3, -0.25) is 0 Å². The average Bonchev–Trinajstić information content (AvgIpc) is 2.94. The first kappa shape index (κ1) is 9.86. The van der Waals surface area contributed by atoms with Gasteiger partial charge in [-0.15, -0.1) is 11.3 Å². The van der Waals surface area contributed by atoms with E-state index >= 15 is 0 Å². The summed E-state index contributed by atoms with van der Waals surface area (Å²) in [6.45, 7) is 0. The zero-order valence-electron chi connectivity index (χ0n) is 9.65. The van der Waals surface area contributed by atoms with Gasteiger partial charge in [-0.2, -0.15) is 0 Å². The Morgan fingerprint density at radius 3 is 3.12 bits per heavy atom. The predicted molar refractivity (Wildman–Crippen MR) is 74.4 cm³/mol. The van der Waals surface area contributed by atoms with Crippen LogP contribution in [0.5, 0.6) is 0 Å². The number of hydrogen-bond acceptors (Lipinski definition) is 2. The number of fused-ring (bicyclic) bond motifs is 3. The summed E-state index contributed by atoms with van der Waals surface area (Å²) in [6, 6.07) is 10.5. The fourth-order valence-electron chi connectivity index (χ4n) is 3.10. The molecule has 2 bridgehead atoms. The Balaban J connectivity index is 1.78. The number of nitrogens with one attached hydrogen (secondary N) is 1. The topological polar surface area (TPSA) is 12.0 Å². The largest absolute Gasteiger partial charge is 0.307 e. The van der Waals surface area contributed by atoms with Crippen LogP contribution in [0, 0.1) is 0 Å². The maximum absolute atomic E-state index is 3.65. The predicted octanol–water partition coefficient (Wildman–Crippen LogP) is 3.81. The minimum absolute atomic E-state index is 0.627. The van der Waals surface area contributed by atoms with E-state index in [1.807, 2.05) is 11.3 Å². The molecular weight excluding hydrogens is 226 g/mol. The zero-order valence-corrected chi connectivity index (χ0v) is 10.5. The van der Waals surface area contributed by atoms with Gasteiger partial charge < -0.3 is 5.32 Å². The SMILES string of the molecule is C1=C(c2ccc3sccc3c2)CC2CCC1N2. The van der Waals surface area contributed by atoms with Crippen LogP contribution >= 0.6 is 11.3 Å². The standard InChI is InChI=1S/C15H15NS/c1-4-15-11(5-6-17-15)7-10(1)12-8-13-2-3-14(9-12)16-13/h1,4-8,13-14,16H,2-3,9H2. The molecule has 1 aromatic heterocycles. The van der Waals surface area contributed by atoms with Crippen molar-refractivity contribution in [2.24, 2.45) is 0 Å². The van der Waals surface area contributed by atoms with E-state index in [1.54, 1.807) is 5.57 Å². The van der Waals surface area contributed by atoms with Gasteiger partial charge >= 0.3 is 0 Å². The molecule has 1 aromatic carbocycles. The van der Waals surface area contributed by atoms with Crippen LogP contribution in [0.1, 0.15) is 24.8 Å². The van der Waals surface area contributed by atoms with E-state index in [0.29, 0.717) is 6.04 Å². The number of rotatable bonds is 1. The second-order valence-electron chi connectivity index (χ2n) is 5.12. The van der Waals surface area contributed by atoms with E-state index in [9.17, 15) is 0 Å². The van der Waals surface area contributed by atoms with Gasteiger partial charge in [-0.1, -0.05) is 12.1 Å². The molecule has 0 saturated carbocycles. The van der Waals surface area contributed by atoms with E-state index < -0.39 is 0 Å². The van der Waals surface area contributed by atoms with E-state index in [2.05, 4.69) is 41.0 Å². The van der Waals surface area contributed by atoms with Crippen LogP contribution in [0.4, 0.5) is 0 Å². The first-order valence-electron chi connectivity index (χ1n) is 6.33. The monoisotopic (exact) mass is 241 g/mol. The molecule has 17 heavy (non-hydrogen) atoms. The molecule has 0 spiro atoms. The van der Waals surface area contributed by atoms with Gasteiger partial charge in [0, 0.05) is 16.8 Å². The molecule has 3 heterocycles. The lowest BCUT2D eigenvalue weighted by atomic mass is 9.95. The van der Waals surface area contributed by atoms with Crippen LogP contribution in [0.2, 0.25) is 0 Å². The lowest BCUT2D eigenvalue weighted by Gasteiger charge is -2.21. The number of hydrogen-bond donors (Lipinski definition) is 1. The molecule has 2 heteroatoms. The smallest absolute Gasteiger partial charge is 0.0343 e. The Hall–Kier alpha value is -1.12. The molecule has 2 aromatic rings. The quantitative estimate of drug-likeness (QED) is 0.800. The molecule has 1 fully saturated rings. The highest BCUT2D eigenvalue weighted by atomic mass is 32.1. The molecule has 0 radical (unpaired) electrons. The maximum Gasteiger partial charge on any atom is 0.0343 e. The molecule has 2 unspecified atom stereocenters. The highest BCUT2D eigenvalue weighted by Crippen LogP contribution is 2.33. The number of thiophene rings is 1. The summed E-state index contributed by atoms with van der Waals surface area (Å²) >= 11 is 1.82. The molecule has 2 aliphatic heterocycles. The summed E-state index contributed by atoms with van der Waals surface area (Å²) in [7, 11) is 0. The normalized spacial score (nSPS) is 27.4. The third-order valence-electron chi connectivity index (χ3n) is 3.97. The van der Waals surface area contributed by atoms with Crippen LogP contribution in [-0.2, 0) is 0 Å². The second-order valence-corrected chi connectivity index (χ2v) is 6.06. The Morgan fingerprint density at radius 2 is 2.18 bits per heavy atom. The third-order valence-corrected chi connectivity index (χ3v) is 4.87. The third kappa shape index (κ3) is 1.63.